The van der Waals surface area contributed by atoms with E-state index in [1.54, 1.807) is 0 Å². The molecule has 0 aromatic heterocycles. The van der Waals surface area contributed by atoms with Gasteiger partial charge in [0.2, 0.25) is 5.91 Å². The molecular formula is C12H22N2O3. The third-order valence-corrected chi connectivity index (χ3v) is 3.26. The summed E-state index contributed by atoms with van der Waals surface area (Å²) in [4.78, 5) is 23.5. The average Bonchev–Trinajstić information content (AvgIpc) is 2.71. The van der Waals surface area contributed by atoms with Crippen LogP contribution in [-0.2, 0) is 14.3 Å². The van der Waals surface area contributed by atoms with Crippen molar-refractivity contribution in [3.8, 4) is 0 Å². The number of hydrogen-bond acceptors (Lipinski definition) is 4. The average molecular weight is 242 g/mol. The monoisotopic (exact) mass is 242 g/mol. The summed E-state index contributed by atoms with van der Waals surface area (Å²) in [6.07, 6.45) is 2.39. The Morgan fingerprint density at radius 2 is 2.00 bits per heavy atom. The van der Waals surface area contributed by atoms with E-state index in [1.165, 1.54) is 7.11 Å². The van der Waals surface area contributed by atoms with Gasteiger partial charge in [-0.05, 0) is 25.2 Å². The summed E-state index contributed by atoms with van der Waals surface area (Å²) >= 11 is 0. The Balaban J connectivity index is 2.55. The van der Waals surface area contributed by atoms with Crippen LogP contribution in [0.4, 0.5) is 0 Å². The zero-order chi connectivity index (χ0) is 13.0. The molecule has 1 saturated carbocycles. The van der Waals surface area contributed by atoms with E-state index in [-0.39, 0.29) is 23.8 Å². The van der Waals surface area contributed by atoms with E-state index in [1.807, 2.05) is 13.8 Å². The maximum absolute atomic E-state index is 12.0. The van der Waals surface area contributed by atoms with Crippen LogP contribution in [0, 0.1) is 11.8 Å². The van der Waals surface area contributed by atoms with E-state index in [2.05, 4.69) is 10.1 Å². The molecule has 3 unspecified atom stereocenters. The Bertz CT molecular complexity index is 291. The van der Waals surface area contributed by atoms with E-state index in [9.17, 15) is 9.59 Å². The van der Waals surface area contributed by atoms with Gasteiger partial charge >= 0.3 is 5.97 Å². The van der Waals surface area contributed by atoms with Crippen molar-refractivity contribution in [1.82, 2.24) is 5.32 Å². The summed E-state index contributed by atoms with van der Waals surface area (Å²) in [5.74, 6) is -0.518. The molecule has 1 fully saturated rings. The van der Waals surface area contributed by atoms with Gasteiger partial charge in [0.1, 0.15) is 6.04 Å². The Kier molecular flexibility index (Phi) is 4.93. The summed E-state index contributed by atoms with van der Waals surface area (Å²) in [5, 5.41) is 2.76. The molecule has 1 aliphatic carbocycles. The second-order valence-electron chi connectivity index (χ2n) is 5.02. The number of methoxy groups -OCH3 is 1. The van der Waals surface area contributed by atoms with Crippen molar-refractivity contribution in [2.24, 2.45) is 17.6 Å². The minimum Gasteiger partial charge on any atom is -0.467 e. The zero-order valence-electron chi connectivity index (χ0n) is 10.7. The van der Waals surface area contributed by atoms with Gasteiger partial charge < -0.3 is 15.8 Å². The van der Waals surface area contributed by atoms with Gasteiger partial charge in [0.15, 0.2) is 0 Å². The first-order valence-electron chi connectivity index (χ1n) is 6.09. The predicted molar refractivity (Wildman–Crippen MR) is 64.1 cm³/mol. The number of nitrogens with two attached hydrogens (primary N) is 1. The number of rotatable bonds is 4. The maximum Gasteiger partial charge on any atom is 0.328 e. The van der Waals surface area contributed by atoms with Crippen molar-refractivity contribution in [2.45, 2.75) is 45.2 Å². The highest BCUT2D eigenvalue weighted by Gasteiger charge is 2.32. The van der Waals surface area contributed by atoms with Crippen LogP contribution in [0.5, 0.6) is 0 Å². The van der Waals surface area contributed by atoms with Gasteiger partial charge in [-0.15, -0.1) is 0 Å². The standard InChI is InChI=1S/C12H22N2O3/c1-7(2)10(12(16)17-3)14-11(15)8-4-5-9(13)6-8/h7-10H,4-6,13H2,1-3H3,(H,14,15). The van der Waals surface area contributed by atoms with Crippen molar-refractivity contribution in [3.63, 3.8) is 0 Å². The second kappa shape index (κ2) is 6.00. The highest BCUT2D eigenvalue weighted by molar-refractivity contribution is 5.86. The molecule has 0 radical (unpaired) electrons. The van der Waals surface area contributed by atoms with Crippen molar-refractivity contribution < 1.29 is 14.3 Å². The van der Waals surface area contributed by atoms with Crippen LogP contribution < -0.4 is 11.1 Å². The van der Waals surface area contributed by atoms with Crippen molar-refractivity contribution in [3.05, 3.63) is 0 Å². The fourth-order valence-corrected chi connectivity index (χ4v) is 2.15. The van der Waals surface area contributed by atoms with Crippen LogP contribution in [0.2, 0.25) is 0 Å². The minimum atomic E-state index is -0.565. The van der Waals surface area contributed by atoms with Gasteiger partial charge in [0.25, 0.3) is 0 Å². The number of nitrogens with one attached hydrogen (secondary N) is 1. The molecule has 0 saturated heterocycles. The lowest BCUT2D eigenvalue weighted by Crippen LogP contribution is -2.47. The van der Waals surface area contributed by atoms with E-state index < -0.39 is 12.0 Å². The van der Waals surface area contributed by atoms with E-state index in [4.69, 9.17) is 5.73 Å². The van der Waals surface area contributed by atoms with Crippen LogP contribution in [0.15, 0.2) is 0 Å². The second-order valence-corrected chi connectivity index (χ2v) is 5.02. The Morgan fingerprint density at radius 3 is 2.41 bits per heavy atom. The minimum absolute atomic E-state index is 0.0153. The van der Waals surface area contributed by atoms with Gasteiger partial charge in [-0.3, -0.25) is 4.79 Å². The first-order valence-corrected chi connectivity index (χ1v) is 6.09. The summed E-state index contributed by atoms with van der Waals surface area (Å²) in [6, 6.07) is -0.453. The molecule has 98 valence electrons. The molecule has 17 heavy (non-hydrogen) atoms. The normalized spacial score (nSPS) is 25.7. The van der Waals surface area contributed by atoms with E-state index in [0.717, 1.165) is 12.8 Å². The summed E-state index contributed by atoms with van der Waals surface area (Å²) in [7, 11) is 1.33. The SMILES string of the molecule is COC(=O)C(NC(=O)C1CCC(N)C1)C(C)C. The molecule has 0 aromatic rings. The Morgan fingerprint density at radius 1 is 1.35 bits per heavy atom. The van der Waals surface area contributed by atoms with E-state index in [0.29, 0.717) is 6.42 Å². The molecule has 0 bridgehead atoms. The van der Waals surface area contributed by atoms with Gasteiger partial charge in [-0.25, -0.2) is 4.79 Å². The Labute approximate surface area is 102 Å². The first-order chi connectivity index (χ1) is 7.95. The van der Waals surface area contributed by atoms with Gasteiger partial charge in [0.05, 0.1) is 7.11 Å². The molecule has 0 aliphatic heterocycles. The van der Waals surface area contributed by atoms with Crippen LogP contribution in [-0.4, -0.2) is 31.1 Å². The number of amides is 1. The lowest BCUT2D eigenvalue weighted by atomic mass is 10.0. The molecule has 5 heteroatoms. The van der Waals surface area contributed by atoms with Gasteiger partial charge in [-0.1, -0.05) is 13.8 Å². The number of hydrogen-bond donors (Lipinski definition) is 2. The van der Waals surface area contributed by atoms with Crippen LogP contribution in [0.1, 0.15) is 33.1 Å². The van der Waals surface area contributed by atoms with Crippen LogP contribution >= 0.6 is 0 Å². The smallest absolute Gasteiger partial charge is 0.328 e. The van der Waals surface area contributed by atoms with Gasteiger partial charge in [0, 0.05) is 12.0 Å². The molecule has 0 heterocycles. The lowest BCUT2D eigenvalue weighted by molar-refractivity contribution is -0.146. The van der Waals surface area contributed by atoms with Crippen molar-refractivity contribution in [2.75, 3.05) is 7.11 Å². The molecule has 1 rings (SSSR count). The predicted octanol–water partition coefficient (Wildman–Crippen LogP) is 0.428. The van der Waals surface area contributed by atoms with Crippen LogP contribution in [0.3, 0.4) is 0 Å². The summed E-state index contributed by atoms with van der Waals surface area (Å²) < 4.78 is 4.68. The summed E-state index contributed by atoms with van der Waals surface area (Å²) in [6.45, 7) is 3.75. The molecule has 1 amide bonds. The maximum atomic E-state index is 12.0. The molecule has 1 aliphatic rings. The number of ether oxygens (including phenoxy) is 1. The van der Waals surface area contributed by atoms with E-state index >= 15 is 0 Å². The quantitative estimate of drug-likeness (QED) is 0.700. The topological polar surface area (TPSA) is 81.4 Å². The number of esters is 1. The third-order valence-electron chi connectivity index (χ3n) is 3.26. The van der Waals surface area contributed by atoms with Gasteiger partial charge in [-0.2, -0.15) is 0 Å². The first kappa shape index (κ1) is 14.0. The molecule has 5 nitrogen and oxygen atoms in total. The molecule has 3 atom stereocenters. The number of carbonyl (C=O) groups is 2. The van der Waals surface area contributed by atoms with Crippen molar-refractivity contribution in [1.29, 1.82) is 0 Å². The fourth-order valence-electron chi connectivity index (χ4n) is 2.15. The van der Waals surface area contributed by atoms with Crippen LogP contribution in [0.25, 0.3) is 0 Å². The highest BCUT2D eigenvalue weighted by atomic mass is 16.5. The molecule has 0 spiro atoms. The summed E-state index contributed by atoms with van der Waals surface area (Å²) in [5.41, 5.74) is 5.77. The molecule has 0 aromatic carbocycles. The molecule has 3 N–H and O–H groups in total. The molecular weight excluding hydrogens is 220 g/mol. The zero-order valence-corrected chi connectivity index (χ0v) is 10.7. The fraction of sp³-hybridized carbons (Fsp3) is 0.833. The Hall–Kier alpha value is -1.10. The largest absolute Gasteiger partial charge is 0.467 e. The van der Waals surface area contributed by atoms with Crippen molar-refractivity contribution >= 4 is 11.9 Å². The third kappa shape index (κ3) is 3.70. The highest BCUT2D eigenvalue weighted by Crippen LogP contribution is 2.24. The number of carbonyl (C=O) groups excluding carboxylic acids is 2. The lowest BCUT2D eigenvalue weighted by Gasteiger charge is -2.21.